The van der Waals surface area contributed by atoms with Crippen molar-refractivity contribution in [2.24, 2.45) is 0 Å². The van der Waals surface area contributed by atoms with E-state index >= 15 is 0 Å². The van der Waals surface area contributed by atoms with Gasteiger partial charge in [-0.2, -0.15) is 0 Å². The molecule has 2 aromatic rings. The molecule has 0 amide bonds. The molecular weight excluding hydrogens is 259 g/mol. The maximum Gasteiger partial charge on any atom is 0.133 e. The maximum atomic E-state index is 6.06. The first-order valence-electron chi connectivity index (χ1n) is 5.22. The first-order chi connectivity index (χ1) is 8.16. The van der Waals surface area contributed by atoms with Crippen molar-refractivity contribution in [2.45, 2.75) is 20.0 Å². The number of aryl methyl sites for hydroxylation is 1. The zero-order chi connectivity index (χ0) is 12.3. The second-order valence-electron chi connectivity index (χ2n) is 3.73. The molecule has 3 nitrogen and oxygen atoms in total. The van der Waals surface area contributed by atoms with E-state index in [1.54, 1.807) is 0 Å². The molecule has 0 fully saturated rings. The SMILES string of the molecule is Cc1cc(CNCc2c(Cl)cccc2Cl)no1. The fraction of sp³-hybridized carbons (Fsp3) is 0.250. The lowest BCUT2D eigenvalue weighted by atomic mass is 10.2. The summed E-state index contributed by atoms with van der Waals surface area (Å²) in [5.41, 5.74) is 1.77. The molecule has 1 N–H and O–H groups in total. The highest BCUT2D eigenvalue weighted by molar-refractivity contribution is 6.35. The lowest BCUT2D eigenvalue weighted by Crippen LogP contribution is -2.13. The third-order valence-corrected chi connectivity index (χ3v) is 3.05. The highest BCUT2D eigenvalue weighted by atomic mass is 35.5. The second kappa shape index (κ2) is 5.54. The normalized spacial score (nSPS) is 10.8. The van der Waals surface area contributed by atoms with E-state index in [0.29, 0.717) is 23.1 Å². The van der Waals surface area contributed by atoms with Gasteiger partial charge in [-0.25, -0.2) is 0 Å². The quantitative estimate of drug-likeness (QED) is 0.923. The van der Waals surface area contributed by atoms with Crippen LogP contribution in [0.2, 0.25) is 10.0 Å². The zero-order valence-corrected chi connectivity index (χ0v) is 10.8. The Labute approximate surface area is 110 Å². The van der Waals surface area contributed by atoms with Gasteiger partial charge in [-0.1, -0.05) is 34.4 Å². The number of aromatic nitrogens is 1. The minimum absolute atomic E-state index is 0.602. The molecule has 0 saturated heterocycles. The Balaban J connectivity index is 1.94. The van der Waals surface area contributed by atoms with Crippen molar-refractivity contribution in [3.8, 4) is 0 Å². The van der Waals surface area contributed by atoms with Crippen LogP contribution in [-0.4, -0.2) is 5.16 Å². The minimum Gasteiger partial charge on any atom is -0.361 e. The van der Waals surface area contributed by atoms with E-state index in [2.05, 4.69) is 10.5 Å². The van der Waals surface area contributed by atoms with E-state index in [9.17, 15) is 0 Å². The van der Waals surface area contributed by atoms with Crippen LogP contribution < -0.4 is 5.32 Å². The van der Waals surface area contributed by atoms with Gasteiger partial charge in [0.25, 0.3) is 0 Å². The average Bonchev–Trinajstić information content (AvgIpc) is 2.69. The average molecular weight is 271 g/mol. The Kier molecular flexibility index (Phi) is 4.05. The first-order valence-corrected chi connectivity index (χ1v) is 5.98. The summed E-state index contributed by atoms with van der Waals surface area (Å²) in [5, 5.41) is 8.45. The highest BCUT2D eigenvalue weighted by Crippen LogP contribution is 2.23. The molecule has 17 heavy (non-hydrogen) atoms. The number of hydrogen-bond donors (Lipinski definition) is 1. The van der Waals surface area contributed by atoms with Gasteiger partial charge in [0.05, 0.1) is 5.69 Å². The number of halogens is 2. The fourth-order valence-corrected chi connectivity index (χ4v) is 2.05. The van der Waals surface area contributed by atoms with Gasteiger partial charge in [-0.05, 0) is 19.1 Å². The lowest BCUT2D eigenvalue weighted by Gasteiger charge is -2.07. The summed E-state index contributed by atoms with van der Waals surface area (Å²) in [4.78, 5) is 0. The lowest BCUT2D eigenvalue weighted by molar-refractivity contribution is 0.388. The molecule has 0 aliphatic rings. The molecule has 5 heteroatoms. The third-order valence-electron chi connectivity index (χ3n) is 2.35. The monoisotopic (exact) mass is 270 g/mol. The summed E-state index contributed by atoms with van der Waals surface area (Å²) in [6.45, 7) is 3.09. The summed E-state index contributed by atoms with van der Waals surface area (Å²) in [6.07, 6.45) is 0. The van der Waals surface area contributed by atoms with Crippen LogP contribution in [0.5, 0.6) is 0 Å². The zero-order valence-electron chi connectivity index (χ0n) is 9.34. The van der Waals surface area contributed by atoms with Crippen molar-refractivity contribution < 1.29 is 4.52 Å². The van der Waals surface area contributed by atoms with E-state index in [-0.39, 0.29) is 0 Å². The molecule has 1 heterocycles. The van der Waals surface area contributed by atoms with Gasteiger partial charge in [0.2, 0.25) is 0 Å². The number of benzene rings is 1. The molecule has 90 valence electrons. The smallest absolute Gasteiger partial charge is 0.133 e. The summed E-state index contributed by atoms with van der Waals surface area (Å²) >= 11 is 12.1. The summed E-state index contributed by atoms with van der Waals surface area (Å²) in [5.74, 6) is 0.803. The second-order valence-corrected chi connectivity index (χ2v) is 4.55. The van der Waals surface area contributed by atoms with Crippen LogP contribution in [-0.2, 0) is 13.1 Å². The molecule has 0 aliphatic carbocycles. The standard InChI is InChI=1S/C12H12Cl2N2O/c1-8-5-9(16-17-8)6-15-7-10-11(13)3-2-4-12(10)14/h2-5,15H,6-7H2,1H3. The van der Waals surface area contributed by atoms with Gasteiger partial charge >= 0.3 is 0 Å². The van der Waals surface area contributed by atoms with Gasteiger partial charge in [0.15, 0.2) is 0 Å². The van der Waals surface area contributed by atoms with E-state index < -0.39 is 0 Å². The number of rotatable bonds is 4. The Morgan fingerprint density at radius 3 is 2.53 bits per heavy atom. The Morgan fingerprint density at radius 1 is 1.24 bits per heavy atom. The van der Waals surface area contributed by atoms with Crippen LogP contribution >= 0.6 is 23.2 Å². The molecule has 1 aromatic heterocycles. The number of hydrogen-bond acceptors (Lipinski definition) is 3. The van der Waals surface area contributed by atoms with E-state index in [0.717, 1.165) is 17.0 Å². The fourth-order valence-electron chi connectivity index (χ4n) is 1.52. The molecule has 0 atom stereocenters. The highest BCUT2D eigenvalue weighted by Gasteiger charge is 2.05. The Morgan fingerprint density at radius 2 is 1.94 bits per heavy atom. The molecule has 0 saturated carbocycles. The van der Waals surface area contributed by atoms with Crippen LogP contribution in [0.4, 0.5) is 0 Å². The summed E-state index contributed by atoms with van der Waals surface area (Å²) < 4.78 is 4.97. The maximum absolute atomic E-state index is 6.06. The van der Waals surface area contributed by atoms with Crippen molar-refractivity contribution in [1.82, 2.24) is 10.5 Å². The minimum atomic E-state index is 0.602. The van der Waals surface area contributed by atoms with Gasteiger partial charge in [-0.3, -0.25) is 0 Å². The predicted molar refractivity (Wildman–Crippen MR) is 68.2 cm³/mol. The topological polar surface area (TPSA) is 38.1 Å². The number of nitrogens with zero attached hydrogens (tertiary/aromatic N) is 1. The molecule has 0 aliphatic heterocycles. The van der Waals surface area contributed by atoms with Crippen LogP contribution in [0.3, 0.4) is 0 Å². The Bertz CT molecular complexity index is 491. The van der Waals surface area contributed by atoms with Gasteiger partial charge in [0.1, 0.15) is 5.76 Å². The van der Waals surface area contributed by atoms with Crippen LogP contribution in [0, 0.1) is 6.92 Å². The van der Waals surface area contributed by atoms with Crippen molar-refractivity contribution in [2.75, 3.05) is 0 Å². The van der Waals surface area contributed by atoms with Crippen LogP contribution in [0.25, 0.3) is 0 Å². The molecule has 0 radical (unpaired) electrons. The van der Waals surface area contributed by atoms with Crippen molar-refractivity contribution in [3.05, 3.63) is 51.3 Å². The predicted octanol–water partition coefficient (Wildman–Crippen LogP) is 3.58. The largest absolute Gasteiger partial charge is 0.361 e. The van der Waals surface area contributed by atoms with Crippen LogP contribution in [0.15, 0.2) is 28.8 Å². The van der Waals surface area contributed by atoms with Crippen LogP contribution in [0.1, 0.15) is 17.0 Å². The summed E-state index contributed by atoms with van der Waals surface area (Å²) in [7, 11) is 0. The molecule has 2 rings (SSSR count). The Hall–Kier alpha value is -1.03. The van der Waals surface area contributed by atoms with Crippen molar-refractivity contribution in [1.29, 1.82) is 0 Å². The van der Waals surface area contributed by atoms with Crippen molar-refractivity contribution in [3.63, 3.8) is 0 Å². The molecule has 1 aromatic carbocycles. The molecule has 0 spiro atoms. The van der Waals surface area contributed by atoms with Gasteiger partial charge in [0, 0.05) is 34.8 Å². The first kappa shape index (κ1) is 12.4. The molecular formula is C12H12Cl2N2O. The van der Waals surface area contributed by atoms with E-state index in [1.807, 2.05) is 31.2 Å². The van der Waals surface area contributed by atoms with Crippen molar-refractivity contribution >= 4 is 23.2 Å². The van der Waals surface area contributed by atoms with Gasteiger partial charge < -0.3 is 9.84 Å². The van der Waals surface area contributed by atoms with E-state index in [4.69, 9.17) is 27.7 Å². The third kappa shape index (κ3) is 3.22. The van der Waals surface area contributed by atoms with Gasteiger partial charge in [-0.15, -0.1) is 0 Å². The molecule has 0 unspecified atom stereocenters. The molecule has 0 bridgehead atoms. The summed E-state index contributed by atoms with van der Waals surface area (Å²) in [6, 6.07) is 7.37. The van der Waals surface area contributed by atoms with E-state index in [1.165, 1.54) is 0 Å². The number of nitrogens with one attached hydrogen (secondary N) is 1.